The highest BCUT2D eigenvalue weighted by Crippen LogP contribution is 2.52. The van der Waals surface area contributed by atoms with E-state index in [-0.39, 0.29) is 35.7 Å². The number of carbonyl (C=O) groups is 1. The smallest absolute Gasteiger partial charge is 0.237 e. The van der Waals surface area contributed by atoms with Crippen LogP contribution in [0.2, 0.25) is 0 Å². The van der Waals surface area contributed by atoms with E-state index in [1.54, 1.807) is 0 Å². The van der Waals surface area contributed by atoms with Crippen LogP contribution in [-0.2, 0) is 9.53 Å². The summed E-state index contributed by atoms with van der Waals surface area (Å²) in [6.45, 7) is 9.24. The van der Waals surface area contributed by atoms with Crippen LogP contribution in [0.3, 0.4) is 0 Å². The lowest BCUT2D eigenvalue weighted by molar-refractivity contribution is -0.139. The van der Waals surface area contributed by atoms with Crippen LogP contribution in [0, 0.1) is 17.3 Å². The van der Waals surface area contributed by atoms with E-state index in [0.29, 0.717) is 12.0 Å². The van der Waals surface area contributed by atoms with E-state index in [1.165, 1.54) is 0 Å². The number of carbonyl (C=O) groups excluding carboxylic acids is 1. The third-order valence-corrected chi connectivity index (χ3v) is 4.96. The molecule has 4 nitrogen and oxygen atoms in total. The molecule has 1 saturated heterocycles. The van der Waals surface area contributed by atoms with Gasteiger partial charge in [-0.3, -0.25) is 4.79 Å². The Morgan fingerprint density at radius 3 is 2.74 bits per heavy atom. The fraction of sp³-hybridized carbons (Fsp3) is 0.929. The van der Waals surface area contributed by atoms with Crippen molar-refractivity contribution in [1.82, 2.24) is 5.32 Å². The molecule has 0 spiro atoms. The van der Waals surface area contributed by atoms with Gasteiger partial charge in [-0.15, -0.1) is 12.4 Å². The van der Waals surface area contributed by atoms with Gasteiger partial charge in [0.2, 0.25) is 5.91 Å². The van der Waals surface area contributed by atoms with E-state index >= 15 is 0 Å². The minimum atomic E-state index is -0.396. The average molecular weight is 291 g/mol. The summed E-state index contributed by atoms with van der Waals surface area (Å²) in [5.41, 5.74) is 6.01. The first-order chi connectivity index (χ1) is 8.39. The summed E-state index contributed by atoms with van der Waals surface area (Å²) in [6, 6.07) is -0.181. The number of halogens is 1. The molecule has 5 unspecified atom stereocenters. The number of rotatable bonds is 4. The number of nitrogens with two attached hydrogens (primary N) is 1. The van der Waals surface area contributed by atoms with Gasteiger partial charge in [-0.1, -0.05) is 34.1 Å². The minimum absolute atomic E-state index is 0. The molecular weight excluding hydrogens is 264 g/mol. The predicted octanol–water partition coefficient (Wildman–Crippen LogP) is 1.71. The standard InChI is InChI=1S/C14H26N2O2.ClH/c1-5-8(2)10(15)13(17)16-11-9-6-7-18-12(9)14(11,3)4;/h8-12H,5-7,15H2,1-4H3,(H,16,17);1H. The van der Waals surface area contributed by atoms with Crippen LogP contribution in [0.1, 0.15) is 40.5 Å². The average Bonchev–Trinajstić information content (AvgIpc) is 2.80. The SMILES string of the molecule is CCC(C)C(N)C(=O)NC1C2CCOC2C1(C)C.Cl. The molecule has 2 fully saturated rings. The maximum atomic E-state index is 12.1. The van der Waals surface area contributed by atoms with Crippen molar-refractivity contribution in [3.8, 4) is 0 Å². The summed E-state index contributed by atoms with van der Waals surface area (Å²) < 4.78 is 5.73. The van der Waals surface area contributed by atoms with Gasteiger partial charge >= 0.3 is 0 Å². The van der Waals surface area contributed by atoms with Crippen molar-refractivity contribution in [2.45, 2.75) is 58.7 Å². The normalized spacial score (nSPS) is 34.5. The highest BCUT2D eigenvalue weighted by molar-refractivity contribution is 5.85. The van der Waals surface area contributed by atoms with Gasteiger partial charge in [0.05, 0.1) is 12.1 Å². The summed E-state index contributed by atoms with van der Waals surface area (Å²) in [4.78, 5) is 12.1. The van der Waals surface area contributed by atoms with Crippen molar-refractivity contribution in [3.63, 3.8) is 0 Å². The van der Waals surface area contributed by atoms with Gasteiger partial charge < -0.3 is 15.8 Å². The molecule has 112 valence electrons. The topological polar surface area (TPSA) is 64.4 Å². The second-order valence-corrected chi connectivity index (χ2v) is 6.46. The summed E-state index contributed by atoms with van der Waals surface area (Å²) in [5, 5.41) is 3.15. The molecule has 3 N–H and O–H groups in total. The van der Waals surface area contributed by atoms with E-state index in [0.717, 1.165) is 19.4 Å². The first kappa shape index (κ1) is 16.7. The van der Waals surface area contributed by atoms with Gasteiger partial charge in [0.15, 0.2) is 0 Å². The first-order valence-corrected chi connectivity index (χ1v) is 7.07. The van der Waals surface area contributed by atoms with Gasteiger partial charge in [-0.05, 0) is 12.3 Å². The molecule has 0 radical (unpaired) electrons. The Bertz CT molecular complexity index is 335. The highest BCUT2D eigenvalue weighted by Gasteiger charge is 2.59. The zero-order valence-corrected chi connectivity index (χ0v) is 13.1. The molecule has 1 heterocycles. The van der Waals surface area contributed by atoms with Gasteiger partial charge in [0.25, 0.3) is 0 Å². The minimum Gasteiger partial charge on any atom is -0.377 e. The Balaban J connectivity index is 0.00000180. The first-order valence-electron chi connectivity index (χ1n) is 7.07. The Morgan fingerprint density at radius 2 is 2.16 bits per heavy atom. The quantitative estimate of drug-likeness (QED) is 0.828. The van der Waals surface area contributed by atoms with Crippen molar-refractivity contribution < 1.29 is 9.53 Å². The summed E-state index contributed by atoms with van der Waals surface area (Å²) in [6.07, 6.45) is 2.29. The van der Waals surface area contributed by atoms with E-state index < -0.39 is 6.04 Å². The molecule has 1 saturated carbocycles. The molecule has 19 heavy (non-hydrogen) atoms. The maximum absolute atomic E-state index is 12.1. The molecule has 2 aliphatic rings. The summed E-state index contributed by atoms with van der Waals surface area (Å²) in [5.74, 6) is 0.699. The van der Waals surface area contributed by atoms with Crippen molar-refractivity contribution in [1.29, 1.82) is 0 Å². The molecule has 0 aromatic carbocycles. The van der Waals surface area contributed by atoms with Crippen molar-refractivity contribution >= 4 is 18.3 Å². The van der Waals surface area contributed by atoms with E-state index in [9.17, 15) is 4.79 Å². The molecular formula is C14H27ClN2O2. The number of amides is 1. The van der Waals surface area contributed by atoms with E-state index in [4.69, 9.17) is 10.5 Å². The van der Waals surface area contributed by atoms with E-state index in [2.05, 4.69) is 26.1 Å². The lowest BCUT2D eigenvalue weighted by Gasteiger charge is -2.54. The second-order valence-electron chi connectivity index (χ2n) is 6.46. The van der Waals surface area contributed by atoms with Gasteiger partial charge in [-0.2, -0.15) is 0 Å². The van der Waals surface area contributed by atoms with Crippen molar-refractivity contribution in [2.24, 2.45) is 23.0 Å². The fourth-order valence-corrected chi connectivity index (χ4v) is 3.38. The number of ether oxygens (including phenoxy) is 1. The number of nitrogens with one attached hydrogen (secondary N) is 1. The predicted molar refractivity (Wildman–Crippen MR) is 78.2 cm³/mol. The summed E-state index contributed by atoms with van der Waals surface area (Å²) in [7, 11) is 0. The Hall–Kier alpha value is -0.320. The molecule has 1 aliphatic carbocycles. The van der Waals surface area contributed by atoms with Crippen LogP contribution in [0.5, 0.6) is 0 Å². The zero-order valence-electron chi connectivity index (χ0n) is 12.3. The van der Waals surface area contributed by atoms with Gasteiger partial charge in [0.1, 0.15) is 0 Å². The lowest BCUT2D eigenvalue weighted by Crippen LogP contribution is -2.68. The second kappa shape index (κ2) is 5.98. The third kappa shape index (κ3) is 2.76. The van der Waals surface area contributed by atoms with Crippen LogP contribution < -0.4 is 11.1 Å². The Labute approximate surface area is 122 Å². The van der Waals surface area contributed by atoms with Crippen molar-refractivity contribution in [3.05, 3.63) is 0 Å². The largest absolute Gasteiger partial charge is 0.377 e. The molecule has 1 amide bonds. The van der Waals surface area contributed by atoms with Gasteiger partial charge in [-0.25, -0.2) is 0 Å². The maximum Gasteiger partial charge on any atom is 0.237 e. The third-order valence-electron chi connectivity index (χ3n) is 4.96. The zero-order chi connectivity index (χ0) is 13.5. The highest BCUT2D eigenvalue weighted by atomic mass is 35.5. The van der Waals surface area contributed by atoms with Crippen molar-refractivity contribution in [2.75, 3.05) is 6.61 Å². The molecule has 1 aliphatic heterocycles. The molecule has 2 rings (SSSR count). The van der Waals surface area contributed by atoms with Gasteiger partial charge in [0, 0.05) is 24.0 Å². The molecule has 5 heteroatoms. The number of fused-ring (bicyclic) bond motifs is 1. The number of hydrogen-bond acceptors (Lipinski definition) is 3. The lowest BCUT2D eigenvalue weighted by atomic mass is 9.57. The number of hydrogen-bond donors (Lipinski definition) is 2. The van der Waals surface area contributed by atoms with Crippen LogP contribution in [0.4, 0.5) is 0 Å². The molecule has 0 aromatic heterocycles. The van der Waals surface area contributed by atoms with Crippen LogP contribution >= 0.6 is 12.4 Å². The van der Waals surface area contributed by atoms with E-state index in [1.807, 2.05) is 6.92 Å². The monoisotopic (exact) mass is 290 g/mol. The summed E-state index contributed by atoms with van der Waals surface area (Å²) >= 11 is 0. The van der Waals surface area contributed by atoms with Crippen LogP contribution in [0.15, 0.2) is 0 Å². The molecule has 0 aromatic rings. The molecule has 5 atom stereocenters. The Morgan fingerprint density at radius 1 is 1.53 bits per heavy atom. The van der Waals surface area contributed by atoms with Crippen LogP contribution in [0.25, 0.3) is 0 Å². The Kier molecular flexibility index (Phi) is 5.27. The molecule has 0 bridgehead atoms. The fourth-order valence-electron chi connectivity index (χ4n) is 3.38. The van der Waals surface area contributed by atoms with Crippen LogP contribution in [-0.4, -0.2) is 30.7 Å².